The molecule has 0 aliphatic heterocycles. The third-order valence-electron chi connectivity index (χ3n) is 2.64. The molecule has 0 atom stereocenters. The summed E-state index contributed by atoms with van der Waals surface area (Å²) in [7, 11) is 0. The van der Waals surface area contributed by atoms with Crippen molar-refractivity contribution in [2.24, 2.45) is 0 Å². The van der Waals surface area contributed by atoms with E-state index in [0.29, 0.717) is 17.0 Å². The highest BCUT2D eigenvalue weighted by Crippen LogP contribution is 2.27. The lowest BCUT2D eigenvalue weighted by Crippen LogP contribution is -2.14. The van der Waals surface area contributed by atoms with Crippen LogP contribution >= 0.6 is 23.2 Å². The molecule has 0 amide bonds. The summed E-state index contributed by atoms with van der Waals surface area (Å²) in [5, 5.41) is 0.177. The highest BCUT2D eigenvalue weighted by atomic mass is 35.5. The van der Waals surface area contributed by atoms with Crippen molar-refractivity contribution in [3.8, 4) is 17.0 Å². The van der Waals surface area contributed by atoms with Gasteiger partial charge in [0.25, 0.3) is 0 Å². The molecule has 2 aromatic rings. The maximum Gasteiger partial charge on any atom is 0.344 e. The molecule has 0 spiro atoms. The lowest BCUT2D eigenvalue weighted by Gasteiger charge is -2.08. The molecule has 0 saturated carbocycles. The average Bonchev–Trinajstić information content (AvgIpc) is 2.48. The number of hydrogen-bond acceptors (Lipinski definition) is 4. The number of rotatable bonds is 5. The van der Waals surface area contributed by atoms with Crippen LogP contribution in [-0.2, 0) is 9.53 Å². The van der Waals surface area contributed by atoms with Crippen LogP contribution in [0.25, 0.3) is 11.3 Å². The van der Waals surface area contributed by atoms with E-state index in [-0.39, 0.29) is 23.4 Å². The summed E-state index contributed by atoms with van der Waals surface area (Å²) < 4.78 is 23.6. The normalized spacial score (nSPS) is 10.4. The molecule has 7 heteroatoms. The van der Waals surface area contributed by atoms with Gasteiger partial charge in [-0.3, -0.25) is 0 Å². The van der Waals surface area contributed by atoms with E-state index in [4.69, 9.17) is 32.7 Å². The van der Waals surface area contributed by atoms with Gasteiger partial charge in [-0.05, 0) is 19.1 Å². The van der Waals surface area contributed by atoms with Crippen molar-refractivity contribution in [2.45, 2.75) is 6.92 Å². The Morgan fingerprint density at radius 3 is 2.73 bits per heavy atom. The lowest BCUT2D eigenvalue weighted by molar-refractivity contribution is -0.145. The van der Waals surface area contributed by atoms with Crippen LogP contribution in [0.3, 0.4) is 0 Å². The summed E-state index contributed by atoms with van der Waals surface area (Å²) in [5.41, 5.74) is 0.896. The summed E-state index contributed by atoms with van der Waals surface area (Å²) in [4.78, 5) is 15.4. The number of carbonyl (C=O) groups excluding carboxylic acids is 1. The van der Waals surface area contributed by atoms with Gasteiger partial charge in [-0.15, -0.1) is 0 Å². The largest absolute Gasteiger partial charge is 0.482 e. The van der Waals surface area contributed by atoms with Crippen molar-refractivity contribution >= 4 is 29.2 Å². The predicted molar refractivity (Wildman–Crippen MR) is 81.8 cm³/mol. The van der Waals surface area contributed by atoms with Crippen molar-refractivity contribution in [2.75, 3.05) is 13.2 Å². The van der Waals surface area contributed by atoms with Gasteiger partial charge in [0.05, 0.1) is 17.3 Å². The van der Waals surface area contributed by atoms with Gasteiger partial charge in [0.1, 0.15) is 16.7 Å². The lowest BCUT2D eigenvalue weighted by atomic mass is 10.1. The molecular formula is C15H12Cl2FNO3. The quantitative estimate of drug-likeness (QED) is 0.604. The molecule has 1 aromatic carbocycles. The molecule has 4 nitrogen and oxygen atoms in total. The summed E-state index contributed by atoms with van der Waals surface area (Å²) in [5.74, 6) is -0.720. The highest BCUT2D eigenvalue weighted by molar-refractivity contribution is 6.30. The fourth-order valence-electron chi connectivity index (χ4n) is 1.71. The molecule has 0 N–H and O–H groups in total. The number of nitrogens with zero attached hydrogens (tertiary/aromatic N) is 1. The van der Waals surface area contributed by atoms with E-state index in [2.05, 4.69) is 4.98 Å². The maximum absolute atomic E-state index is 13.5. The molecule has 0 fully saturated rings. The molecule has 0 aliphatic rings. The fraction of sp³-hybridized carbons (Fsp3) is 0.200. The Morgan fingerprint density at radius 1 is 1.27 bits per heavy atom. The summed E-state index contributed by atoms with van der Waals surface area (Å²) in [6.45, 7) is 1.73. The standard InChI is InChI=1S/C15H12Cl2FNO3/c1-2-21-15(20)8-22-10-6-13(19-14(17)7-10)9-3-4-11(16)12(18)5-9/h3-7H,2,8H2,1H3. The molecule has 116 valence electrons. The van der Waals surface area contributed by atoms with E-state index in [1.165, 1.54) is 18.2 Å². The zero-order valence-corrected chi connectivity index (χ0v) is 13.1. The monoisotopic (exact) mass is 343 g/mol. The van der Waals surface area contributed by atoms with Crippen LogP contribution in [0.5, 0.6) is 5.75 Å². The maximum atomic E-state index is 13.5. The minimum Gasteiger partial charge on any atom is -0.482 e. The van der Waals surface area contributed by atoms with Crippen LogP contribution < -0.4 is 4.74 Å². The first-order chi connectivity index (χ1) is 10.5. The number of benzene rings is 1. The Labute approximate surface area is 136 Å². The van der Waals surface area contributed by atoms with Gasteiger partial charge in [0.15, 0.2) is 6.61 Å². The molecule has 0 aliphatic carbocycles. The zero-order valence-electron chi connectivity index (χ0n) is 11.6. The highest BCUT2D eigenvalue weighted by Gasteiger charge is 2.09. The van der Waals surface area contributed by atoms with Crippen LogP contribution in [0.2, 0.25) is 10.2 Å². The first-order valence-corrected chi connectivity index (χ1v) is 7.16. The number of carbonyl (C=O) groups is 1. The second-order valence-electron chi connectivity index (χ2n) is 4.23. The first-order valence-electron chi connectivity index (χ1n) is 6.41. The molecule has 1 heterocycles. The van der Waals surface area contributed by atoms with Gasteiger partial charge in [-0.1, -0.05) is 29.3 Å². The molecule has 0 radical (unpaired) electrons. The van der Waals surface area contributed by atoms with E-state index in [0.717, 1.165) is 0 Å². The zero-order chi connectivity index (χ0) is 16.1. The van der Waals surface area contributed by atoms with E-state index < -0.39 is 11.8 Å². The van der Waals surface area contributed by atoms with Gasteiger partial charge >= 0.3 is 5.97 Å². The van der Waals surface area contributed by atoms with Crippen LogP contribution in [0.15, 0.2) is 30.3 Å². The molecular weight excluding hydrogens is 332 g/mol. The topological polar surface area (TPSA) is 48.4 Å². The summed E-state index contributed by atoms with van der Waals surface area (Å²) in [6, 6.07) is 7.29. The second-order valence-corrected chi connectivity index (χ2v) is 5.03. The predicted octanol–water partition coefficient (Wildman–Crippen LogP) is 4.14. The van der Waals surface area contributed by atoms with Crippen molar-refractivity contribution < 1.29 is 18.7 Å². The van der Waals surface area contributed by atoms with Gasteiger partial charge < -0.3 is 9.47 Å². The van der Waals surface area contributed by atoms with E-state index in [9.17, 15) is 9.18 Å². The fourth-order valence-corrected chi connectivity index (χ4v) is 2.02. The van der Waals surface area contributed by atoms with Crippen molar-refractivity contribution in [3.05, 3.63) is 46.3 Å². The summed E-state index contributed by atoms with van der Waals surface area (Å²) in [6.07, 6.45) is 0. The van der Waals surface area contributed by atoms with Crippen LogP contribution in [0.1, 0.15) is 6.92 Å². The Hall–Kier alpha value is -1.85. The summed E-state index contributed by atoms with van der Waals surface area (Å²) >= 11 is 11.6. The van der Waals surface area contributed by atoms with E-state index in [1.54, 1.807) is 19.1 Å². The molecule has 22 heavy (non-hydrogen) atoms. The van der Waals surface area contributed by atoms with Gasteiger partial charge in [-0.2, -0.15) is 0 Å². The smallest absolute Gasteiger partial charge is 0.344 e. The Bertz CT molecular complexity index is 694. The number of ether oxygens (including phenoxy) is 2. The van der Waals surface area contributed by atoms with Crippen LogP contribution in [0, 0.1) is 5.82 Å². The van der Waals surface area contributed by atoms with E-state index in [1.807, 2.05) is 0 Å². The average molecular weight is 344 g/mol. The van der Waals surface area contributed by atoms with E-state index >= 15 is 0 Å². The number of pyridine rings is 1. The van der Waals surface area contributed by atoms with Crippen LogP contribution in [0.4, 0.5) is 4.39 Å². The molecule has 0 saturated heterocycles. The van der Waals surface area contributed by atoms with Gasteiger partial charge in [0, 0.05) is 17.7 Å². The minimum absolute atomic E-state index is 0.0181. The molecule has 0 bridgehead atoms. The Kier molecular flexibility index (Phi) is 5.57. The molecule has 2 rings (SSSR count). The van der Waals surface area contributed by atoms with Gasteiger partial charge in [0.2, 0.25) is 0 Å². The molecule has 1 aromatic heterocycles. The van der Waals surface area contributed by atoms with Gasteiger partial charge in [-0.25, -0.2) is 14.2 Å². The van der Waals surface area contributed by atoms with Crippen molar-refractivity contribution in [3.63, 3.8) is 0 Å². The Morgan fingerprint density at radius 2 is 2.05 bits per heavy atom. The SMILES string of the molecule is CCOC(=O)COc1cc(Cl)nc(-c2ccc(Cl)c(F)c2)c1. The van der Waals surface area contributed by atoms with Crippen molar-refractivity contribution in [1.82, 2.24) is 4.98 Å². The van der Waals surface area contributed by atoms with Crippen molar-refractivity contribution in [1.29, 1.82) is 0 Å². The number of aromatic nitrogens is 1. The number of halogens is 3. The third-order valence-corrected chi connectivity index (χ3v) is 3.15. The molecule has 0 unspecified atom stereocenters. The Balaban J connectivity index is 2.22. The number of esters is 1. The third kappa shape index (κ3) is 4.32. The van der Waals surface area contributed by atoms with Crippen LogP contribution in [-0.4, -0.2) is 24.2 Å². The minimum atomic E-state index is -0.560. The first kappa shape index (κ1) is 16.5. The number of hydrogen-bond donors (Lipinski definition) is 0. The second kappa shape index (κ2) is 7.42.